The molecule has 0 spiro atoms. The van der Waals surface area contributed by atoms with Gasteiger partial charge in [-0.3, -0.25) is 14.9 Å². The number of hydrogen-bond donors (Lipinski definition) is 4. The molecule has 2 aromatic heterocycles. The largest absolute Gasteiger partial charge is 0.453 e. The van der Waals surface area contributed by atoms with E-state index in [-0.39, 0.29) is 47.8 Å². The predicted molar refractivity (Wildman–Crippen MR) is 228 cm³/mol. The zero-order valence-electron chi connectivity index (χ0n) is 35.1. The van der Waals surface area contributed by atoms with Gasteiger partial charge in [0.1, 0.15) is 17.7 Å². The molecule has 2 aliphatic heterocycles. The molecule has 0 bridgehead atoms. The van der Waals surface area contributed by atoms with Crippen LogP contribution in [0.15, 0.2) is 60.8 Å². The summed E-state index contributed by atoms with van der Waals surface area (Å²) in [4.78, 5) is 61.2. The summed E-state index contributed by atoms with van der Waals surface area (Å²) in [6.07, 6.45) is 8.24. The highest BCUT2D eigenvalue weighted by molar-refractivity contribution is 5.92. The summed E-state index contributed by atoms with van der Waals surface area (Å²) in [5.74, 6) is 2.05. The van der Waals surface area contributed by atoms with Crippen LogP contribution in [0, 0.1) is 17.8 Å². The molecule has 3 aromatic carbocycles. The number of likely N-dealkylation sites (tertiary alicyclic amines) is 2. The number of hydrogen-bond acceptors (Lipinski definition) is 8. The molecule has 13 nitrogen and oxygen atoms in total. The van der Waals surface area contributed by atoms with Gasteiger partial charge >= 0.3 is 6.09 Å². The fraction of sp³-hybridized carbons (Fsp3) is 0.500. The molecule has 8 rings (SSSR count). The van der Waals surface area contributed by atoms with Crippen LogP contribution in [-0.4, -0.2) is 93.3 Å². The van der Waals surface area contributed by atoms with E-state index in [1.54, 1.807) is 7.11 Å². The SMILES string of the molecule is COCNC(C(=O)N1CCCC1c1nc2ccc(-c3ccc4cc(-c5cnc(C6CC7CCCCC7N6C(=O)C(NC(=O)OC)C(C)C)[nH]5)ccc4c3)cc2[nH]1)C(C)C. The number of benzene rings is 3. The first kappa shape index (κ1) is 40.5. The Bertz CT molecular complexity index is 2320. The van der Waals surface area contributed by atoms with Crippen LogP contribution in [0.1, 0.15) is 96.4 Å². The van der Waals surface area contributed by atoms with Gasteiger partial charge in [0.05, 0.1) is 54.9 Å². The van der Waals surface area contributed by atoms with Crippen molar-refractivity contribution >= 4 is 39.7 Å². The van der Waals surface area contributed by atoms with Crippen molar-refractivity contribution < 1.29 is 23.9 Å². The van der Waals surface area contributed by atoms with Crippen LogP contribution in [0.3, 0.4) is 0 Å². The zero-order chi connectivity index (χ0) is 41.4. The highest BCUT2D eigenvalue weighted by Gasteiger charge is 2.48. The number of carbonyl (C=O) groups excluding carboxylic acids is 3. The quantitative estimate of drug-likeness (QED) is 0.0929. The second-order valence-electron chi connectivity index (χ2n) is 17.3. The predicted octanol–water partition coefficient (Wildman–Crippen LogP) is 7.87. The Balaban J connectivity index is 1.01. The molecule has 3 fully saturated rings. The molecule has 312 valence electrons. The van der Waals surface area contributed by atoms with Crippen molar-refractivity contribution in [2.75, 3.05) is 27.5 Å². The van der Waals surface area contributed by atoms with E-state index in [1.165, 1.54) is 13.5 Å². The lowest BCUT2D eigenvalue weighted by atomic mass is 9.84. The first-order valence-corrected chi connectivity index (χ1v) is 21.3. The number of nitrogens with zero attached hydrogens (tertiary/aromatic N) is 4. The number of methoxy groups -OCH3 is 2. The number of ether oxygens (including phenoxy) is 2. The summed E-state index contributed by atoms with van der Waals surface area (Å²) in [5, 5.41) is 8.28. The lowest BCUT2D eigenvalue weighted by Gasteiger charge is -2.36. The molecule has 3 amide bonds. The molecule has 2 saturated heterocycles. The third-order valence-electron chi connectivity index (χ3n) is 12.9. The van der Waals surface area contributed by atoms with E-state index in [4.69, 9.17) is 19.4 Å². The average Bonchev–Trinajstić information content (AvgIpc) is 4.07. The van der Waals surface area contributed by atoms with Crippen molar-refractivity contribution in [3.63, 3.8) is 0 Å². The van der Waals surface area contributed by atoms with Crippen LogP contribution < -0.4 is 10.6 Å². The van der Waals surface area contributed by atoms with E-state index in [9.17, 15) is 14.4 Å². The van der Waals surface area contributed by atoms with Gasteiger partial charge in [0, 0.05) is 25.3 Å². The van der Waals surface area contributed by atoms with Crippen molar-refractivity contribution in [3.05, 3.63) is 72.4 Å². The minimum atomic E-state index is -0.684. The number of carbonyl (C=O) groups is 3. The molecule has 4 N–H and O–H groups in total. The topological polar surface area (TPSA) is 158 Å². The van der Waals surface area contributed by atoms with Gasteiger partial charge in [0.15, 0.2) is 0 Å². The minimum absolute atomic E-state index is 0.0738. The van der Waals surface area contributed by atoms with Crippen LogP contribution in [0.25, 0.3) is 44.2 Å². The third-order valence-corrected chi connectivity index (χ3v) is 12.9. The van der Waals surface area contributed by atoms with Gasteiger partial charge in [-0.25, -0.2) is 14.8 Å². The molecule has 13 heteroatoms. The van der Waals surface area contributed by atoms with Crippen LogP contribution >= 0.6 is 0 Å². The Morgan fingerprint density at radius 1 is 0.797 bits per heavy atom. The lowest BCUT2D eigenvalue weighted by molar-refractivity contribution is -0.138. The Morgan fingerprint density at radius 3 is 2.25 bits per heavy atom. The van der Waals surface area contributed by atoms with Gasteiger partial charge in [-0.2, -0.15) is 0 Å². The first-order chi connectivity index (χ1) is 28.5. The second kappa shape index (κ2) is 17.1. The summed E-state index contributed by atoms with van der Waals surface area (Å²) >= 11 is 0. The van der Waals surface area contributed by atoms with Gasteiger partial charge in [-0.1, -0.05) is 70.9 Å². The number of alkyl carbamates (subject to hydrolysis) is 1. The maximum atomic E-state index is 14.2. The second-order valence-corrected chi connectivity index (χ2v) is 17.3. The first-order valence-electron chi connectivity index (χ1n) is 21.3. The van der Waals surface area contributed by atoms with Gasteiger partial charge < -0.3 is 34.6 Å². The number of fused-ring (bicyclic) bond motifs is 3. The minimum Gasteiger partial charge on any atom is -0.453 e. The molecular formula is C46H58N8O5. The molecule has 1 aliphatic carbocycles. The summed E-state index contributed by atoms with van der Waals surface area (Å²) in [6, 6.07) is 18.1. The van der Waals surface area contributed by atoms with E-state index in [0.717, 1.165) is 94.4 Å². The molecule has 0 radical (unpaired) electrons. The molecule has 6 atom stereocenters. The van der Waals surface area contributed by atoms with E-state index in [1.807, 2.05) is 29.8 Å². The van der Waals surface area contributed by atoms with E-state index >= 15 is 0 Å². The fourth-order valence-corrected chi connectivity index (χ4v) is 9.77. The van der Waals surface area contributed by atoms with Crippen LogP contribution in [-0.2, 0) is 19.1 Å². The smallest absolute Gasteiger partial charge is 0.407 e. The van der Waals surface area contributed by atoms with Crippen molar-refractivity contribution in [1.29, 1.82) is 0 Å². The Labute approximate surface area is 346 Å². The molecule has 6 unspecified atom stereocenters. The Hall–Kier alpha value is -5.27. The Kier molecular flexibility index (Phi) is 11.8. The van der Waals surface area contributed by atoms with Gasteiger partial charge in [0.2, 0.25) is 11.8 Å². The monoisotopic (exact) mass is 802 g/mol. The number of rotatable bonds is 12. The van der Waals surface area contributed by atoms with Crippen LogP contribution in [0.5, 0.6) is 0 Å². The highest BCUT2D eigenvalue weighted by Crippen LogP contribution is 2.46. The maximum absolute atomic E-state index is 14.2. The fourth-order valence-electron chi connectivity index (χ4n) is 9.77. The van der Waals surface area contributed by atoms with Crippen molar-refractivity contribution in [3.8, 4) is 22.4 Å². The normalized spacial score (nSPS) is 21.7. The number of imidazole rings is 2. The van der Waals surface area contributed by atoms with Gasteiger partial charge in [-0.05, 0) is 96.0 Å². The number of aromatic nitrogens is 4. The average molecular weight is 803 g/mol. The molecular weight excluding hydrogens is 745 g/mol. The third kappa shape index (κ3) is 8.06. The van der Waals surface area contributed by atoms with E-state index in [0.29, 0.717) is 19.2 Å². The molecule has 5 aromatic rings. The van der Waals surface area contributed by atoms with Gasteiger partial charge in [-0.15, -0.1) is 0 Å². The number of nitrogens with one attached hydrogen (secondary N) is 4. The molecule has 4 heterocycles. The maximum Gasteiger partial charge on any atom is 0.407 e. The summed E-state index contributed by atoms with van der Waals surface area (Å²) in [7, 11) is 2.95. The number of aromatic amines is 2. The zero-order valence-corrected chi connectivity index (χ0v) is 35.1. The summed E-state index contributed by atoms with van der Waals surface area (Å²) in [5.41, 5.74) is 5.92. The van der Waals surface area contributed by atoms with E-state index in [2.05, 4.69) is 89.0 Å². The molecule has 1 saturated carbocycles. The molecule has 59 heavy (non-hydrogen) atoms. The van der Waals surface area contributed by atoms with Crippen LogP contribution in [0.4, 0.5) is 4.79 Å². The molecule has 3 aliphatic rings. The van der Waals surface area contributed by atoms with E-state index < -0.39 is 12.1 Å². The summed E-state index contributed by atoms with van der Waals surface area (Å²) < 4.78 is 10.1. The summed E-state index contributed by atoms with van der Waals surface area (Å²) in [6.45, 7) is 9.04. The highest BCUT2D eigenvalue weighted by atomic mass is 16.5. The Morgan fingerprint density at radius 2 is 1.51 bits per heavy atom. The number of H-pyrrole nitrogens is 2. The number of amides is 3. The van der Waals surface area contributed by atoms with Crippen molar-refractivity contribution in [2.24, 2.45) is 17.8 Å². The lowest BCUT2D eigenvalue weighted by Crippen LogP contribution is -2.53. The van der Waals surface area contributed by atoms with Crippen molar-refractivity contribution in [1.82, 2.24) is 40.4 Å². The van der Waals surface area contributed by atoms with Crippen LogP contribution in [0.2, 0.25) is 0 Å². The van der Waals surface area contributed by atoms with Crippen molar-refractivity contribution in [2.45, 2.75) is 103 Å². The van der Waals surface area contributed by atoms with Gasteiger partial charge in [0.25, 0.3) is 0 Å². The standard InChI is InChI=1S/C46H58N8O5/c1-26(2)40(48-25-58-5)44(55)53-19-9-12-38(53)43-49-34-18-17-31(22-35(34)50-43)29-13-14-30-21-32(16-15-28(30)20-29)36-24-47-42(51-36)39-23-33-10-7-8-11-37(33)54(39)45(56)41(27(3)4)52-46(57)59-6/h13-18,20-22,24,26-27,33,37-41,48H,7-12,19,23,25H2,1-6H3,(H,47,51)(H,49,50)(H,52,57).